The van der Waals surface area contributed by atoms with Gasteiger partial charge in [0.05, 0.1) is 10.9 Å². The Morgan fingerprint density at radius 2 is 1.82 bits per heavy atom. The normalized spacial score (nSPS) is 13.6. The van der Waals surface area contributed by atoms with Gasteiger partial charge in [0.25, 0.3) is 0 Å². The van der Waals surface area contributed by atoms with E-state index in [-0.39, 0.29) is 0 Å². The molecule has 0 spiro atoms. The third-order valence-electron chi connectivity index (χ3n) is 3.73. The Morgan fingerprint density at radius 1 is 1.06 bits per heavy atom. The molecule has 0 unspecified atom stereocenters. The maximum atomic E-state index is 2.27. The molecular formula is C15H17N2+. The van der Waals surface area contributed by atoms with Crippen molar-refractivity contribution in [3.63, 3.8) is 0 Å². The van der Waals surface area contributed by atoms with Gasteiger partial charge in [0.15, 0.2) is 5.71 Å². The Labute approximate surface area is 102 Å². The van der Waals surface area contributed by atoms with Crippen molar-refractivity contribution in [2.24, 2.45) is 0 Å². The van der Waals surface area contributed by atoms with E-state index in [1.54, 1.807) is 0 Å². The van der Waals surface area contributed by atoms with Crippen LogP contribution in [0.4, 0.5) is 11.4 Å². The van der Waals surface area contributed by atoms with Crippen LogP contribution < -0.4 is 4.90 Å². The van der Waals surface area contributed by atoms with Crippen LogP contribution >= 0.6 is 0 Å². The standard InChI is InChI=1S/C15H17N2/c1-10-11-6-5-7-12-13(16(2)3)8-9-14(15(11)12)17(10)4/h5-9H,1-4H3/q+1. The Balaban J connectivity index is 2.47. The number of hydrogen-bond acceptors (Lipinski definition) is 1. The van der Waals surface area contributed by atoms with Gasteiger partial charge in [0.1, 0.15) is 7.05 Å². The highest BCUT2D eigenvalue weighted by molar-refractivity contribution is 6.17. The fourth-order valence-electron chi connectivity index (χ4n) is 2.71. The Bertz CT molecular complexity index is 633. The molecule has 0 fully saturated rings. The van der Waals surface area contributed by atoms with Crippen molar-refractivity contribution in [3.8, 4) is 0 Å². The lowest BCUT2D eigenvalue weighted by molar-refractivity contribution is -0.400. The molecule has 3 rings (SSSR count). The predicted molar refractivity (Wildman–Crippen MR) is 73.9 cm³/mol. The zero-order valence-corrected chi connectivity index (χ0v) is 10.8. The molecule has 0 radical (unpaired) electrons. The Morgan fingerprint density at radius 3 is 2.53 bits per heavy atom. The van der Waals surface area contributed by atoms with Crippen molar-refractivity contribution < 1.29 is 4.58 Å². The van der Waals surface area contributed by atoms with Crippen LogP contribution in [0.3, 0.4) is 0 Å². The fraction of sp³-hybridized carbons (Fsp3) is 0.267. The first-order valence-corrected chi connectivity index (χ1v) is 5.92. The SMILES string of the molecule is CC1=[N+](C)c2ccc(N(C)C)c3cccc1c23. The maximum Gasteiger partial charge on any atom is 0.214 e. The van der Waals surface area contributed by atoms with E-state index in [4.69, 9.17) is 0 Å². The van der Waals surface area contributed by atoms with Crippen LogP contribution in [0.2, 0.25) is 0 Å². The average Bonchev–Trinajstić information content (AvgIpc) is 2.57. The quantitative estimate of drug-likeness (QED) is 0.676. The average molecular weight is 225 g/mol. The molecule has 0 aromatic heterocycles. The molecular weight excluding hydrogens is 208 g/mol. The Kier molecular flexibility index (Phi) is 2.02. The van der Waals surface area contributed by atoms with Crippen molar-refractivity contribution in [3.05, 3.63) is 35.9 Å². The fourth-order valence-corrected chi connectivity index (χ4v) is 2.71. The highest BCUT2D eigenvalue weighted by Crippen LogP contribution is 2.38. The summed E-state index contributed by atoms with van der Waals surface area (Å²) in [5.41, 5.74) is 5.30. The number of benzene rings is 2. The summed E-state index contributed by atoms with van der Waals surface area (Å²) < 4.78 is 2.27. The number of anilines is 1. The maximum absolute atomic E-state index is 2.27. The summed E-state index contributed by atoms with van der Waals surface area (Å²) in [6.07, 6.45) is 0. The summed E-state index contributed by atoms with van der Waals surface area (Å²) in [6.45, 7) is 2.18. The van der Waals surface area contributed by atoms with Gasteiger partial charge >= 0.3 is 0 Å². The van der Waals surface area contributed by atoms with E-state index in [0.29, 0.717) is 0 Å². The van der Waals surface area contributed by atoms with Gasteiger partial charge in [-0.25, -0.2) is 0 Å². The minimum Gasteiger partial charge on any atom is -0.377 e. The summed E-state index contributed by atoms with van der Waals surface area (Å²) >= 11 is 0. The van der Waals surface area contributed by atoms with Crippen LogP contribution in [-0.4, -0.2) is 31.4 Å². The third kappa shape index (κ3) is 1.24. The van der Waals surface area contributed by atoms with E-state index in [1.807, 2.05) is 0 Å². The van der Waals surface area contributed by atoms with Crippen LogP contribution in [0.25, 0.3) is 10.8 Å². The molecule has 17 heavy (non-hydrogen) atoms. The van der Waals surface area contributed by atoms with Crippen LogP contribution in [0.1, 0.15) is 12.5 Å². The van der Waals surface area contributed by atoms with Gasteiger partial charge in [-0.3, -0.25) is 0 Å². The molecule has 2 aromatic rings. The monoisotopic (exact) mass is 225 g/mol. The van der Waals surface area contributed by atoms with Gasteiger partial charge in [0.2, 0.25) is 5.69 Å². The van der Waals surface area contributed by atoms with E-state index in [9.17, 15) is 0 Å². The topological polar surface area (TPSA) is 6.25 Å². The first-order chi connectivity index (χ1) is 8.11. The third-order valence-corrected chi connectivity index (χ3v) is 3.73. The molecule has 86 valence electrons. The predicted octanol–water partition coefficient (Wildman–Crippen LogP) is 3.00. The molecule has 0 bridgehead atoms. The second-order valence-electron chi connectivity index (χ2n) is 4.87. The molecule has 2 aromatic carbocycles. The highest BCUT2D eigenvalue weighted by Gasteiger charge is 2.27. The second kappa shape index (κ2) is 3.33. The zero-order chi connectivity index (χ0) is 12.2. The minimum atomic E-state index is 1.29. The number of rotatable bonds is 1. The summed E-state index contributed by atoms with van der Waals surface area (Å²) in [5.74, 6) is 0. The molecule has 1 aliphatic rings. The van der Waals surface area contributed by atoms with Crippen LogP contribution in [-0.2, 0) is 0 Å². The van der Waals surface area contributed by atoms with Crippen molar-refractivity contribution in [2.75, 3.05) is 26.0 Å². The van der Waals surface area contributed by atoms with Crippen LogP contribution in [0.15, 0.2) is 30.3 Å². The molecule has 0 N–H and O–H groups in total. The first kappa shape index (κ1) is 10.3. The van der Waals surface area contributed by atoms with Crippen LogP contribution in [0.5, 0.6) is 0 Å². The molecule has 0 saturated carbocycles. The lowest BCUT2D eigenvalue weighted by Gasteiger charge is -2.15. The second-order valence-corrected chi connectivity index (χ2v) is 4.87. The van der Waals surface area contributed by atoms with Gasteiger partial charge in [-0.2, -0.15) is 4.58 Å². The molecule has 0 atom stereocenters. The van der Waals surface area contributed by atoms with Gasteiger partial charge in [-0.05, 0) is 12.1 Å². The van der Waals surface area contributed by atoms with Gasteiger partial charge in [0, 0.05) is 38.2 Å². The summed E-state index contributed by atoms with van der Waals surface area (Å²) in [7, 11) is 6.33. The lowest BCUT2D eigenvalue weighted by Crippen LogP contribution is -2.09. The molecule has 0 saturated heterocycles. The summed E-state index contributed by atoms with van der Waals surface area (Å²) in [5, 5.41) is 2.73. The molecule has 0 aliphatic carbocycles. The van der Waals surface area contributed by atoms with Gasteiger partial charge < -0.3 is 4.90 Å². The van der Waals surface area contributed by atoms with Gasteiger partial charge in [-0.1, -0.05) is 12.1 Å². The smallest absolute Gasteiger partial charge is 0.214 e. The summed E-state index contributed by atoms with van der Waals surface area (Å²) in [6, 6.07) is 11.0. The zero-order valence-electron chi connectivity index (χ0n) is 10.8. The van der Waals surface area contributed by atoms with Crippen molar-refractivity contribution in [1.82, 2.24) is 0 Å². The molecule has 2 heteroatoms. The van der Waals surface area contributed by atoms with E-state index < -0.39 is 0 Å². The first-order valence-electron chi connectivity index (χ1n) is 5.92. The largest absolute Gasteiger partial charge is 0.377 e. The molecule has 2 nitrogen and oxygen atoms in total. The molecule has 0 amide bonds. The van der Waals surface area contributed by atoms with Gasteiger partial charge in [-0.15, -0.1) is 0 Å². The minimum absolute atomic E-state index is 1.29. The van der Waals surface area contributed by atoms with Crippen molar-refractivity contribution in [2.45, 2.75) is 6.92 Å². The number of hydrogen-bond donors (Lipinski definition) is 0. The highest BCUT2D eigenvalue weighted by atomic mass is 15.1. The Hall–Kier alpha value is -1.83. The van der Waals surface area contributed by atoms with E-state index in [1.165, 1.54) is 33.4 Å². The van der Waals surface area contributed by atoms with E-state index >= 15 is 0 Å². The van der Waals surface area contributed by atoms with E-state index in [0.717, 1.165) is 0 Å². The molecule has 1 heterocycles. The van der Waals surface area contributed by atoms with Crippen LogP contribution in [0, 0.1) is 0 Å². The molecule has 1 aliphatic heterocycles. The van der Waals surface area contributed by atoms with Crippen molar-refractivity contribution in [1.29, 1.82) is 0 Å². The lowest BCUT2D eigenvalue weighted by atomic mass is 10.0. The van der Waals surface area contributed by atoms with Crippen molar-refractivity contribution >= 4 is 27.9 Å². The number of nitrogens with zero attached hydrogens (tertiary/aromatic N) is 2. The summed E-state index contributed by atoms with van der Waals surface area (Å²) in [4.78, 5) is 2.18. The van der Waals surface area contributed by atoms with E-state index in [2.05, 4.69) is 67.9 Å².